The van der Waals surface area contributed by atoms with Crippen LogP contribution >= 0.6 is 0 Å². The molecular formula is C22H31N4O2+. The Kier molecular flexibility index (Phi) is 6.19. The third kappa shape index (κ3) is 4.28. The lowest BCUT2D eigenvalue weighted by atomic mass is 10.1. The van der Waals surface area contributed by atoms with Crippen LogP contribution in [0.3, 0.4) is 0 Å². The lowest BCUT2D eigenvalue weighted by Crippen LogP contribution is -3.15. The highest BCUT2D eigenvalue weighted by Crippen LogP contribution is 2.20. The van der Waals surface area contributed by atoms with Gasteiger partial charge in [-0.05, 0) is 44.0 Å². The summed E-state index contributed by atoms with van der Waals surface area (Å²) in [5.74, 6) is -0.277. The van der Waals surface area contributed by atoms with Gasteiger partial charge in [-0.3, -0.25) is 9.59 Å². The molecule has 0 spiro atoms. The zero-order valence-corrected chi connectivity index (χ0v) is 17.2. The highest BCUT2D eigenvalue weighted by atomic mass is 16.2. The Morgan fingerprint density at radius 2 is 1.93 bits per heavy atom. The number of aromatic nitrogens is 1. The van der Waals surface area contributed by atoms with Gasteiger partial charge in [-0.15, -0.1) is 0 Å². The zero-order valence-electron chi connectivity index (χ0n) is 17.2. The fraction of sp³-hybridized carbons (Fsp3) is 0.455. The van der Waals surface area contributed by atoms with Crippen molar-refractivity contribution < 1.29 is 14.5 Å². The molecule has 3 atom stereocenters. The summed E-state index contributed by atoms with van der Waals surface area (Å²) in [6, 6.07) is 10.2. The van der Waals surface area contributed by atoms with Crippen molar-refractivity contribution in [1.82, 2.24) is 9.88 Å². The van der Waals surface area contributed by atoms with Crippen LogP contribution in [0, 0.1) is 13.8 Å². The fourth-order valence-electron chi connectivity index (χ4n) is 4.25. The van der Waals surface area contributed by atoms with Gasteiger partial charge in [0.15, 0.2) is 6.04 Å². The molecule has 150 valence electrons. The highest BCUT2D eigenvalue weighted by Gasteiger charge is 2.38. The number of nitrogens with zero attached hydrogens (tertiary/aromatic N) is 1. The van der Waals surface area contributed by atoms with E-state index in [2.05, 4.69) is 21.3 Å². The lowest BCUT2D eigenvalue weighted by Gasteiger charge is -2.27. The molecule has 0 radical (unpaired) electrons. The summed E-state index contributed by atoms with van der Waals surface area (Å²) in [5, 5.41) is 5.74. The SMILES string of the molecule is Cc1cccc(C)c1NC(=O)CNC(=O)[C@H](C)[NH+]1CCC[C@@H]1c1cccn1C. The third-order valence-corrected chi connectivity index (χ3v) is 5.86. The van der Waals surface area contributed by atoms with Gasteiger partial charge in [0.25, 0.3) is 5.91 Å². The van der Waals surface area contributed by atoms with Gasteiger partial charge in [0, 0.05) is 31.8 Å². The summed E-state index contributed by atoms with van der Waals surface area (Å²) in [5.41, 5.74) is 4.11. The third-order valence-electron chi connectivity index (χ3n) is 5.86. The summed E-state index contributed by atoms with van der Waals surface area (Å²) in [6.07, 6.45) is 4.24. The number of anilines is 1. The maximum Gasteiger partial charge on any atom is 0.278 e. The van der Waals surface area contributed by atoms with Crippen molar-refractivity contribution >= 4 is 17.5 Å². The number of para-hydroxylation sites is 1. The smallest absolute Gasteiger partial charge is 0.278 e. The number of likely N-dealkylation sites (tertiary alicyclic amines) is 1. The number of carbonyl (C=O) groups excluding carboxylic acids is 2. The van der Waals surface area contributed by atoms with Gasteiger partial charge < -0.3 is 20.1 Å². The van der Waals surface area contributed by atoms with Crippen molar-refractivity contribution in [3.63, 3.8) is 0 Å². The number of nitrogens with one attached hydrogen (secondary N) is 3. The largest absolute Gasteiger partial charge is 0.350 e. The monoisotopic (exact) mass is 383 g/mol. The van der Waals surface area contributed by atoms with E-state index in [1.54, 1.807) is 0 Å². The molecule has 2 heterocycles. The standard InChI is InChI=1S/C22H30N4O2/c1-15-8-5-9-16(2)21(15)24-20(27)14-23-22(28)17(3)26-13-7-11-19(26)18-10-6-12-25(18)4/h5-6,8-10,12,17,19H,7,11,13-14H2,1-4H3,(H,23,28)(H,24,27)/p+1/t17-,19+/m0/s1. The predicted molar refractivity (Wildman–Crippen MR) is 110 cm³/mol. The average Bonchev–Trinajstić information content (AvgIpc) is 3.30. The molecule has 1 aliphatic rings. The number of hydrogen-bond acceptors (Lipinski definition) is 2. The molecule has 1 saturated heterocycles. The first-order valence-corrected chi connectivity index (χ1v) is 9.99. The molecule has 0 bridgehead atoms. The minimum Gasteiger partial charge on any atom is -0.350 e. The Morgan fingerprint density at radius 1 is 1.21 bits per heavy atom. The molecule has 1 fully saturated rings. The van der Waals surface area contributed by atoms with Gasteiger partial charge in [0.1, 0.15) is 6.04 Å². The lowest BCUT2D eigenvalue weighted by molar-refractivity contribution is -0.932. The first-order chi connectivity index (χ1) is 13.4. The Bertz CT molecular complexity index is 838. The molecule has 28 heavy (non-hydrogen) atoms. The molecule has 1 aliphatic heterocycles. The van der Waals surface area contributed by atoms with E-state index in [0.717, 1.165) is 36.2 Å². The summed E-state index contributed by atoms with van der Waals surface area (Å²) in [6.45, 7) is 6.83. The van der Waals surface area contributed by atoms with Crippen LogP contribution < -0.4 is 15.5 Å². The van der Waals surface area contributed by atoms with Crippen molar-refractivity contribution in [2.24, 2.45) is 7.05 Å². The van der Waals surface area contributed by atoms with Crippen LogP contribution in [0.25, 0.3) is 0 Å². The van der Waals surface area contributed by atoms with E-state index in [-0.39, 0.29) is 24.4 Å². The number of aryl methyl sites for hydroxylation is 3. The molecule has 1 aromatic heterocycles. The van der Waals surface area contributed by atoms with E-state index in [9.17, 15) is 9.59 Å². The summed E-state index contributed by atoms with van der Waals surface area (Å²) in [7, 11) is 2.05. The van der Waals surface area contributed by atoms with Crippen LogP contribution in [0.1, 0.15) is 42.6 Å². The number of rotatable bonds is 6. The summed E-state index contributed by atoms with van der Waals surface area (Å²) < 4.78 is 2.14. The van der Waals surface area contributed by atoms with Crippen molar-refractivity contribution in [2.75, 3.05) is 18.4 Å². The quantitative estimate of drug-likeness (QED) is 0.708. The van der Waals surface area contributed by atoms with Gasteiger partial charge in [-0.1, -0.05) is 18.2 Å². The van der Waals surface area contributed by atoms with Crippen LogP contribution in [0.4, 0.5) is 5.69 Å². The average molecular weight is 384 g/mol. The summed E-state index contributed by atoms with van der Waals surface area (Å²) >= 11 is 0. The Labute approximate surface area is 166 Å². The Hall–Kier alpha value is -2.60. The molecule has 6 heteroatoms. The van der Waals surface area contributed by atoms with Gasteiger partial charge in [-0.25, -0.2) is 0 Å². The molecule has 1 aromatic carbocycles. The van der Waals surface area contributed by atoms with Crippen molar-refractivity contribution in [1.29, 1.82) is 0 Å². The molecule has 6 nitrogen and oxygen atoms in total. The minimum atomic E-state index is -0.201. The van der Waals surface area contributed by atoms with E-state index in [1.165, 1.54) is 10.6 Å². The first kappa shape index (κ1) is 20.1. The van der Waals surface area contributed by atoms with Crippen molar-refractivity contribution in [2.45, 2.75) is 45.7 Å². The van der Waals surface area contributed by atoms with Gasteiger partial charge in [0.05, 0.1) is 18.8 Å². The number of quaternary nitrogens is 1. The topological polar surface area (TPSA) is 67.6 Å². The maximum absolute atomic E-state index is 12.7. The maximum atomic E-state index is 12.7. The number of benzene rings is 1. The predicted octanol–water partition coefficient (Wildman–Crippen LogP) is 1.51. The van der Waals surface area contributed by atoms with Crippen molar-refractivity contribution in [3.05, 3.63) is 53.3 Å². The van der Waals surface area contributed by atoms with Crippen LogP contribution in [0.5, 0.6) is 0 Å². The molecular weight excluding hydrogens is 352 g/mol. The molecule has 1 unspecified atom stereocenters. The number of hydrogen-bond donors (Lipinski definition) is 3. The molecule has 0 saturated carbocycles. The Morgan fingerprint density at radius 3 is 2.57 bits per heavy atom. The van der Waals surface area contributed by atoms with Crippen LogP contribution in [0.2, 0.25) is 0 Å². The van der Waals surface area contributed by atoms with E-state index < -0.39 is 0 Å². The number of amides is 2. The minimum absolute atomic E-state index is 0.0148. The first-order valence-electron chi connectivity index (χ1n) is 9.99. The molecule has 3 N–H and O–H groups in total. The fourth-order valence-corrected chi connectivity index (χ4v) is 4.25. The second kappa shape index (κ2) is 8.61. The molecule has 3 rings (SSSR count). The van der Waals surface area contributed by atoms with Gasteiger partial charge in [-0.2, -0.15) is 0 Å². The summed E-state index contributed by atoms with van der Waals surface area (Å²) in [4.78, 5) is 26.3. The zero-order chi connectivity index (χ0) is 20.3. The highest BCUT2D eigenvalue weighted by molar-refractivity contribution is 5.96. The van der Waals surface area contributed by atoms with Gasteiger partial charge >= 0.3 is 0 Å². The van der Waals surface area contributed by atoms with Crippen LogP contribution in [-0.4, -0.2) is 35.5 Å². The number of carbonyl (C=O) groups is 2. The van der Waals surface area contributed by atoms with E-state index in [0.29, 0.717) is 6.04 Å². The van der Waals surface area contributed by atoms with E-state index in [4.69, 9.17) is 0 Å². The van der Waals surface area contributed by atoms with E-state index >= 15 is 0 Å². The van der Waals surface area contributed by atoms with Crippen LogP contribution in [-0.2, 0) is 16.6 Å². The second-order valence-corrected chi connectivity index (χ2v) is 7.82. The molecule has 2 amide bonds. The van der Waals surface area contributed by atoms with Crippen molar-refractivity contribution in [3.8, 4) is 0 Å². The molecule has 0 aliphatic carbocycles. The second-order valence-electron chi connectivity index (χ2n) is 7.82. The van der Waals surface area contributed by atoms with E-state index in [1.807, 2.05) is 58.3 Å². The van der Waals surface area contributed by atoms with Gasteiger partial charge in [0.2, 0.25) is 5.91 Å². The molecule has 2 aromatic rings. The van der Waals surface area contributed by atoms with Crippen LogP contribution in [0.15, 0.2) is 36.5 Å². The Balaban J connectivity index is 1.57. The normalized spacial score (nSPS) is 20.0.